The molecule has 1 amide bonds. The molecule has 0 aliphatic carbocycles. The summed E-state index contributed by atoms with van der Waals surface area (Å²) in [5.74, 6) is 0.760. The number of rotatable bonds is 4. The Morgan fingerprint density at radius 3 is 2.60 bits per heavy atom. The molecule has 1 aromatic rings. The first-order chi connectivity index (χ1) is 9.47. The SMILES string of the molecule is COc1cc(/C=C/C(=O)NNC(N)=S)cc(Br)c1OC. The number of ether oxygens (including phenoxy) is 2. The van der Waals surface area contributed by atoms with Gasteiger partial charge in [0.25, 0.3) is 5.91 Å². The average molecular weight is 360 g/mol. The molecule has 0 unspecified atom stereocenters. The van der Waals surface area contributed by atoms with Gasteiger partial charge >= 0.3 is 0 Å². The molecule has 0 heterocycles. The highest BCUT2D eigenvalue weighted by Crippen LogP contribution is 2.36. The van der Waals surface area contributed by atoms with Crippen molar-refractivity contribution in [2.24, 2.45) is 5.73 Å². The number of nitrogens with two attached hydrogens (primary N) is 1. The zero-order chi connectivity index (χ0) is 15.1. The summed E-state index contributed by atoms with van der Waals surface area (Å²) in [6.45, 7) is 0. The first kappa shape index (κ1) is 16.3. The summed E-state index contributed by atoms with van der Waals surface area (Å²) < 4.78 is 11.1. The van der Waals surface area contributed by atoms with Crippen LogP contribution in [0.3, 0.4) is 0 Å². The summed E-state index contributed by atoms with van der Waals surface area (Å²) in [6.07, 6.45) is 2.95. The van der Waals surface area contributed by atoms with E-state index in [2.05, 4.69) is 39.0 Å². The lowest BCUT2D eigenvalue weighted by atomic mass is 10.2. The van der Waals surface area contributed by atoms with Crippen LogP contribution in [0.2, 0.25) is 0 Å². The Kier molecular flexibility index (Phi) is 6.26. The highest BCUT2D eigenvalue weighted by molar-refractivity contribution is 9.10. The van der Waals surface area contributed by atoms with Crippen LogP contribution in [0.4, 0.5) is 0 Å². The third-order valence-electron chi connectivity index (χ3n) is 2.19. The average Bonchev–Trinajstić information content (AvgIpc) is 2.42. The maximum absolute atomic E-state index is 11.4. The van der Waals surface area contributed by atoms with Gasteiger partial charge in [0.2, 0.25) is 0 Å². The molecular formula is C12H14BrN3O3S. The highest BCUT2D eigenvalue weighted by Gasteiger charge is 2.09. The van der Waals surface area contributed by atoms with E-state index in [4.69, 9.17) is 15.2 Å². The van der Waals surface area contributed by atoms with Crippen molar-refractivity contribution in [1.29, 1.82) is 0 Å². The number of methoxy groups -OCH3 is 2. The van der Waals surface area contributed by atoms with E-state index in [1.165, 1.54) is 13.2 Å². The van der Waals surface area contributed by atoms with Crippen molar-refractivity contribution < 1.29 is 14.3 Å². The minimum atomic E-state index is -0.385. The lowest BCUT2D eigenvalue weighted by Gasteiger charge is -2.10. The Labute approximate surface area is 130 Å². The van der Waals surface area contributed by atoms with Crippen LogP contribution in [0.25, 0.3) is 6.08 Å². The van der Waals surface area contributed by atoms with Crippen molar-refractivity contribution in [3.63, 3.8) is 0 Å². The van der Waals surface area contributed by atoms with E-state index in [0.717, 1.165) is 10.0 Å². The van der Waals surface area contributed by atoms with Crippen LogP contribution in [0.5, 0.6) is 11.5 Å². The van der Waals surface area contributed by atoms with Crippen LogP contribution in [-0.4, -0.2) is 25.2 Å². The molecule has 4 N–H and O–H groups in total. The molecule has 0 saturated heterocycles. The number of nitrogens with one attached hydrogen (secondary N) is 2. The monoisotopic (exact) mass is 359 g/mol. The maximum atomic E-state index is 11.4. The topological polar surface area (TPSA) is 85.6 Å². The second-order valence-electron chi connectivity index (χ2n) is 3.55. The van der Waals surface area contributed by atoms with E-state index >= 15 is 0 Å². The minimum absolute atomic E-state index is 0.0133. The Hall–Kier alpha value is -1.80. The minimum Gasteiger partial charge on any atom is -0.493 e. The molecule has 108 valence electrons. The van der Waals surface area contributed by atoms with E-state index < -0.39 is 0 Å². The van der Waals surface area contributed by atoms with Crippen molar-refractivity contribution in [3.05, 3.63) is 28.2 Å². The van der Waals surface area contributed by atoms with Gasteiger partial charge in [0.05, 0.1) is 18.7 Å². The Balaban J connectivity index is 2.85. The number of hydrogen-bond acceptors (Lipinski definition) is 4. The molecule has 0 aliphatic heterocycles. The Bertz CT molecular complexity index is 549. The molecule has 0 atom stereocenters. The lowest BCUT2D eigenvalue weighted by Crippen LogP contribution is -2.43. The van der Waals surface area contributed by atoms with Crippen LogP contribution in [-0.2, 0) is 4.79 Å². The zero-order valence-electron chi connectivity index (χ0n) is 10.9. The van der Waals surface area contributed by atoms with Crippen molar-refractivity contribution in [1.82, 2.24) is 10.9 Å². The number of halogens is 1. The molecule has 1 aromatic carbocycles. The molecule has 1 rings (SSSR count). The van der Waals surface area contributed by atoms with Gasteiger partial charge in [-0.1, -0.05) is 0 Å². The van der Waals surface area contributed by atoms with Gasteiger partial charge in [-0.2, -0.15) is 0 Å². The fraction of sp³-hybridized carbons (Fsp3) is 0.167. The van der Waals surface area contributed by atoms with Gasteiger partial charge in [0.15, 0.2) is 16.6 Å². The summed E-state index contributed by atoms with van der Waals surface area (Å²) in [4.78, 5) is 11.4. The second-order valence-corrected chi connectivity index (χ2v) is 4.84. The maximum Gasteiger partial charge on any atom is 0.262 e. The summed E-state index contributed by atoms with van der Waals surface area (Å²) in [5, 5.41) is -0.0133. The molecule has 8 heteroatoms. The first-order valence-electron chi connectivity index (χ1n) is 5.43. The van der Waals surface area contributed by atoms with Gasteiger partial charge in [-0.3, -0.25) is 15.6 Å². The molecule has 0 fully saturated rings. The number of carbonyl (C=O) groups excluding carboxylic acids is 1. The quantitative estimate of drug-likeness (QED) is 0.427. The summed E-state index contributed by atoms with van der Waals surface area (Å²) in [6, 6.07) is 3.54. The third-order valence-corrected chi connectivity index (χ3v) is 2.88. The van der Waals surface area contributed by atoms with Crippen LogP contribution in [0.15, 0.2) is 22.7 Å². The van der Waals surface area contributed by atoms with Crippen LogP contribution in [0, 0.1) is 0 Å². The van der Waals surface area contributed by atoms with E-state index in [1.54, 1.807) is 25.3 Å². The molecule has 0 aliphatic rings. The molecular weight excluding hydrogens is 346 g/mol. The van der Waals surface area contributed by atoms with Crippen LogP contribution >= 0.6 is 28.1 Å². The van der Waals surface area contributed by atoms with Crippen LogP contribution < -0.4 is 26.1 Å². The number of benzene rings is 1. The standard InChI is InChI=1S/C12H14BrN3O3S/c1-18-9-6-7(5-8(13)11(9)19-2)3-4-10(17)15-16-12(14)20/h3-6H,1-2H3,(H,15,17)(H3,14,16,20)/b4-3+. The first-order valence-corrected chi connectivity index (χ1v) is 6.63. The molecule has 6 nitrogen and oxygen atoms in total. The normalized spacial score (nSPS) is 10.2. The van der Waals surface area contributed by atoms with Crippen LogP contribution in [0.1, 0.15) is 5.56 Å². The molecule has 20 heavy (non-hydrogen) atoms. The molecule has 0 spiro atoms. The number of hydrazine groups is 1. The fourth-order valence-electron chi connectivity index (χ4n) is 1.37. The number of carbonyl (C=O) groups is 1. The smallest absolute Gasteiger partial charge is 0.262 e. The Morgan fingerprint density at radius 1 is 1.35 bits per heavy atom. The van der Waals surface area contributed by atoms with Crippen molar-refractivity contribution in [2.75, 3.05) is 14.2 Å². The Morgan fingerprint density at radius 2 is 2.05 bits per heavy atom. The van der Waals surface area contributed by atoms with Crippen molar-refractivity contribution >= 4 is 45.2 Å². The third kappa shape index (κ3) is 4.71. The largest absolute Gasteiger partial charge is 0.493 e. The second kappa shape index (κ2) is 7.71. The van der Waals surface area contributed by atoms with Gasteiger partial charge in [0.1, 0.15) is 0 Å². The van der Waals surface area contributed by atoms with E-state index in [-0.39, 0.29) is 11.0 Å². The van der Waals surface area contributed by atoms with Crippen molar-refractivity contribution in [3.8, 4) is 11.5 Å². The van der Waals surface area contributed by atoms with E-state index in [0.29, 0.717) is 11.5 Å². The van der Waals surface area contributed by atoms with Gasteiger partial charge in [-0.25, -0.2) is 0 Å². The van der Waals surface area contributed by atoms with Gasteiger partial charge < -0.3 is 15.2 Å². The molecule has 0 saturated carbocycles. The summed E-state index contributed by atoms with van der Waals surface area (Å²) in [5.41, 5.74) is 10.6. The zero-order valence-corrected chi connectivity index (χ0v) is 13.3. The number of hydrogen-bond donors (Lipinski definition) is 3. The highest BCUT2D eigenvalue weighted by atomic mass is 79.9. The van der Waals surface area contributed by atoms with Gasteiger partial charge in [-0.15, -0.1) is 0 Å². The summed E-state index contributed by atoms with van der Waals surface area (Å²) in [7, 11) is 3.09. The van der Waals surface area contributed by atoms with Gasteiger partial charge in [0, 0.05) is 6.08 Å². The van der Waals surface area contributed by atoms with E-state index in [1.807, 2.05) is 0 Å². The molecule has 0 radical (unpaired) electrons. The fourth-order valence-corrected chi connectivity index (χ4v) is 2.04. The predicted molar refractivity (Wildman–Crippen MR) is 84.3 cm³/mol. The summed E-state index contributed by atoms with van der Waals surface area (Å²) >= 11 is 7.93. The number of thiocarbonyl (C=S) groups is 1. The number of amides is 1. The van der Waals surface area contributed by atoms with E-state index in [9.17, 15) is 4.79 Å². The van der Waals surface area contributed by atoms with Gasteiger partial charge in [-0.05, 0) is 51.9 Å². The molecule has 0 aromatic heterocycles. The predicted octanol–water partition coefficient (Wildman–Crippen LogP) is 1.34. The lowest BCUT2D eigenvalue weighted by molar-refractivity contribution is -0.116. The van der Waals surface area contributed by atoms with Crippen molar-refractivity contribution in [2.45, 2.75) is 0 Å². The molecule has 0 bridgehead atoms.